The highest BCUT2D eigenvalue weighted by molar-refractivity contribution is 5.80. The molecule has 0 bridgehead atoms. The summed E-state index contributed by atoms with van der Waals surface area (Å²) in [5.74, 6) is 2.98. The lowest BCUT2D eigenvalue weighted by atomic mass is 9.92. The quantitative estimate of drug-likeness (QED) is 0.662. The molecule has 23 heavy (non-hydrogen) atoms. The molecule has 128 valence electrons. The normalized spacial score (nSPS) is 22.1. The molecule has 1 fully saturated rings. The molecule has 0 saturated carbocycles. The van der Waals surface area contributed by atoms with Gasteiger partial charge in [0.15, 0.2) is 17.5 Å². The van der Waals surface area contributed by atoms with E-state index in [1.54, 1.807) is 19.2 Å². The summed E-state index contributed by atoms with van der Waals surface area (Å²) in [6.07, 6.45) is 1.28. The number of benzene rings is 1. The molecule has 0 radical (unpaired) electrons. The second kappa shape index (κ2) is 8.09. The first-order valence-corrected chi connectivity index (χ1v) is 8.42. The van der Waals surface area contributed by atoms with Gasteiger partial charge in [0.25, 0.3) is 0 Å². The zero-order valence-electron chi connectivity index (χ0n) is 14.7. The van der Waals surface area contributed by atoms with Crippen LogP contribution in [-0.4, -0.2) is 42.7 Å². The maximum absolute atomic E-state index is 9.88. The van der Waals surface area contributed by atoms with Crippen LogP contribution < -0.4 is 10.1 Å². The molecule has 1 aromatic carbocycles. The Morgan fingerprint density at radius 1 is 1.35 bits per heavy atom. The summed E-state index contributed by atoms with van der Waals surface area (Å²) in [5, 5.41) is 13.3. The van der Waals surface area contributed by atoms with E-state index in [-0.39, 0.29) is 5.75 Å². The van der Waals surface area contributed by atoms with E-state index >= 15 is 0 Å². The molecule has 2 N–H and O–H groups in total. The molecule has 0 aromatic heterocycles. The third kappa shape index (κ3) is 4.78. The monoisotopic (exact) mass is 319 g/mol. The van der Waals surface area contributed by atoms with Crippen LogP contribution in [0.2, 0.25) is 0 Å². The number of piperidine rings is 1. The molecule has 1 aliphatic heterocycles. The fraction of sp³-hybridized carbons (Fsp3) is 0.611. The van der Waals surface area contributed by atoms with Crippen LogP contribution in [0, 0.1) is 11.8 Å². The van der Waals surface area contributed by atoms with Crippen molar-refractivity contribution in [3.05, 3.63) is 23.8 Å². The van der Waals surface area contributed by atoms with E-state index in [4.69, 9.17) is 9.73 Å². The lowest BCUT2D eigenvalue weighted by Crippen LogP contribution is -2.48. The molecule has 1 heterocycles. The minimum Gasteiger partial charge on any atom is -0.504 e. The fourth-order valence-electron chi connectivity index (χ4n) is 3.26. The highest BCUT2D eigenvalue weighted by Gasteiger charge is 2.23. The first-order valence-electron chi connectivity index (χ1n) is 8.42. The van der Waals surface area contributed by atoms with Gasteiger partial charge >= 0.3 is 0 Å². The zero-order valence-corrected chi connectivity index (χ0v) is 14.7. The van der Waals surface area contributed by atoms with Crippen molar-refractivity contribution >= 4 is 5.96 Å². The summed E-state index contributed by atoms with van der Waals surface area (Å²) in [5.41, 5.74) is 0.969. The van der Waals surface area contributed by atoms with Crippen LogP contribution in [0.1, 0.15) is 32.8 Å². The molecule has 0 amide bonds. The van der Waals surface area contributed by atoms with Gasteiger partial charge in [-0.25, -0.2) is 4.99 Å². The number of phenolic OH excluding ortho intramolecular Hbond substituents is 1. The van der Waals surface area contributed by atoms with Crippen molar-refractivity contribution in [1.82, 2.24) is 10.2 Å². The molecule has 5 heteroatoms. The van der Waals surface area contributed by atoms with Gasteiger partial charge in [0.05, 0.1) is 13.7 Å². The van der Waals surface area contributed by atoms with E-state index < -0.39 is 0 Å². The van der Waals surface area contributed by atoms with Crippen LogP contribution in [0.3, 0.4) is 0 Å². The van der Waals surface area contributed by atoms with Gasteiger partial charge in [0.1, 0.15) is 0 Å². The minimum absolute atomic E-state index is 0.158. The summed E-state index contributed by atoms with van der Waals surface area (Å²) in [7, 11) is 1.55. The molecule has 1 aromatic rings. The molecule has 5 nitrogen and oxygen atoms in total. The van der Waals surface area contributed by atoms with Crippen molar-refractivity contribution in [3.8, 4) is 11.5 Å². The predicted molar refractivity (Wildman–Crippen MR) is 94.0 cm³/mol. The maximum Gasteiger partial charge on any atom is 0.194 e. The van der Waals surface area contributed by atoms with Gasteiger partial charge in [-0.15, -0.1) is 0 Å². The summed E-state index contributed by atoms with van der Waals surface area (Å²) in [6, 6.07) is 5.43. The minimum atomic E-state index is 0.158. The average molecular weight is 319 g/mol. The number of ether oxygens (including phenoxy) is 1. The number of methoxy groups -OCH3 is 1. The molecule has 2 atom stereocenters. The topological polar surface area (TPSA) is 57.1 Å². The number of aliphatic imine (C=N–C) groups is 1. The van der Waals surface area contributed by atoms with E-state index in [0.717, 1.165) is 31.2 Å². The SMILES string of the molecule is CCNC(=NCc1ccc(OC)c(O)c1)N1CC(C)CC(C)C1. The number of guanidine groups is 1. The van der Waals surface area contributed by atoms with E-state index in [0.29, 0.717) is 24.1 Å². The molecule has 0 aliphatic carbocycles. The number of nitrogens with zero attached hydrogens (tertiary/aromatic N) is 2. The van der Waals surface area contributed by atoms with Gasteiger partial charge in [-0.3, -0.25) is 0 Å². The Kier molecular flexibility index (Phi) is 6.13. The highest BCUT2D eigenvalue weighted by Crippen LogP contribution is 2.26. The Hall–Kier alpha value is -1.91. The second-order valence-corrected chi connectivity index (χ2v) is 6.53. The first kappa shape index (κ1) is 17.4. The number of rotatable bonds is 4. The number of nitrogens with one attached hydrogen (secondary N) is 1. The first-order chi connectivity index (χ1) is 11.0. The third-order valence-corrected chi connectivity index (χ3v) is 4.16. The lowest BCUT2D eigenvalue weighted by molar-refractivity contribution is 0.208. The molecular weight excluding hydrogens is 290 g/mol. The van der Waals surface area contributed by atoms with Gasteiger partial charge < -0.3 is 20.1 Å². The Morgan fingerprint density at radius 2 is 2.04 bits per heavy atom. The average Bonchev–Trinajstić information content (AvgIpc) is 2.50. The zero-order chi connectivity index (χ0) is 16.8. The number of likely N-dealkylation sites (tertiary alicyclic amines) is 1. The standard InChI is InChI=1S/C18H29N3O2/c1-5-19-18(21-11-13(2)8-14(3)12-21)20-10-15-6-7-17(23-4)16(22)9-15/h6-7,9,13-14,22H,5,8,10-12H2,1-4H3,(H,19,20). The lowest BCUT2D eigenvalue weighted by Gasteiger charge is -2.37. The molecular formula is C18H29N3O2. The predicted octanol–water partition coefficient (Wildman–Crippen LogP) is 2.84. The van der Waals surface area contributed by atoms with Crippen molar-refractivity contribution in [3.63, 3.8) is 0 Å². The van der Waals surface area contributed by atoms with E-state index in [9.17, 15) is 5.11 Å². The molecule has 2 rings (SSSR count). The van der Waals surface area contributed by atoms with Gasteiger partial charge in [0, 0.05) is 19.6 Å². The molecule has 2 unspecified atom stereocenters. The summed E-state index contributed by atoms with van der Waals surface area (Å²) in [6.45, 7) is 10.2. The molecule has 0 spiro atoms. The van der Waals surface area contributed by atoms with Gasteiger partial charge in [-0.1, -0.05) is 19.9 Å². The number of phenols is 1. The molecule has 1 saturated heterocycles. The van der Waals surface area contributed by atoms with Crippen molar-refractivity contribution in [1.29, 1.82) is 0 Å². The van der Waals surface area contributed by atoms with Crippen LogP contribution in [0.15, 0.2) is 23.2 Å². The van der Waals surface area contributed by atoms with E-state index in [1.165, 1.54) is 6.42 Å². The highest BCUT2D eigenvalue weighted by atomic mass is 16.5. The van der Waals surface area contributed by atoms with Crippen LogP contribution >= 0.6 is 0 Å². The number of aromatic hydroxyl groups is 1. The van der Waals surface area contributed by atoms with Crippen LogP contribution in [0.25, 0.3) is 0 Å². The molecule has 1 aliphatic rings. The summed E-state index contributed by atoms with van der Waals surface area (Å²) < 4.78 is 5.08. The van der Waals surface area contributed by atoms with Gasteiger partial charge in [-0.2, -0.15) is 0 Å². The Bertz CT molecular complexity index is 535. The van der Waals surface area contributed by atoms with Crippen molar-refractivity contribution < 1.29 is 9.84 Å². The van der Waals surface area contributed by atoms with Crippen LogP contribution in [0.4, 0.5) is 0 Å². The largest absolute Gasteiger partial charge is 0.504 e. The smallest absolute Gasteiger partial charge is 0.194 e. The Balaban J connectivity index is 2.10. The third-order valence-electron chi connectivity index (χ3n) is 4.16. The fourth-order valence-corrected chi connectivity index (χ4v) is 3.26. The van der Waals surface area contributed by atoms with Crippen LogP contribution in [-0.2, 0) is 6.54 Å². The van der Waals surface area contributed by atoms with Gasteiger partial charge in [-0.05, 0) is 42.9 Å². The van der Waals surface area contributed by atoms with Crippen molar-refractivity contribution in [2.75, 3.05) is 26.7 Å². The second-order valence-electron chi connectivity index (χ2n) is 6.53. The van der Waals surface area contributed by atoms with Gasteiger partial charge in [0.2, 0.25) is 0 Å². The summed E-state index contributed by atoms with van der Waals surface area (Å²) >= 11 is 0. The van der Waals surface area contributed by atoms with E-state index in [2.05, 4.69) is 31.0 Å². The van der Waals surface area contributed by atoms with Crippen molar-refractivity contribution in [2.24, 2.45) is 16.8 Å². The number of hydrogen-bond donors (Lipinski definition) is 2. The van der Waals surface area contributed by atoms with E-state index in [1.807, 2.05) is 6.07 Å². The summed E-state index contributed by atoms with van der Waals surface area (Å²) in [4.78, 5) is 7.11. The maximum atomic E-state index is 9.88. The Labute approximate surface area is 139 Å². The van der Waals surface area contributed by atoms with Crippen molar-refractivity contribution in [2.45, 2.75) is 33.7 Å². The Morgan fingerprint density at radius 3 is 2.61 bits per heavy atom. The number of hydrogen-bond acceptors (Lipinski definition) is 3. The van der Waals surface area contributed by atoms with Crippen LogP contribution in [0.5, 0.6) is 11.5 Å².